The number of nitrogens with zero attached hydrogens (tertiary/aromatic N) is 1. The Morgan fingerprint density at radius 1 is 1.28 bits per heavy atom. The van der Waals surface area contributed by atoms with Crippen LogP contribution in [0.1, 0.15) is 18.5 Å². The first-order valence-corrected chi connectivity index (χ1v) is 6.74. The van der Waals surface area contributed by atoms with Crippen LogP contribution < -0.4 is 5.32 Å². The number of thiazole rings is 1. The molecular formula is C13H12F2N2S. The van der Waals surface area contributed by atoms with E-state index in [2.05, 4.69) is 10.3 Å². The van der Waals surface area contributed by atoms with E-state index in [1.54, 1.807) is 0 Å². The van der Waals surface area contributed by atoms with Crippen LogP contribution in [0, 0.1) is 11.6 Å². The highest BCUT2D eigenvalue weighted by molar-refractivity contribution is 7.13. The normalized spacial score (nSPS) is 15.0. The van der Waals surface area contributed by atoms with E-state index in [9.17, 15) is 8.78 Å². The number of hydrogen-bond acceptors (Lipinski definition) is 3. The molecule has 1 aliphatic rings. The molecule has 0 amide bonds. The Kier molecular flexibility index (Phi) is 3.09. The number of rotatable bonds is 4. The highest BCUT2D eigenvalue weighted by atomic mass is 32.1. The highest BCUT2D eigenvalue weighted by Gasteiger charge is 2.21. The van der Waals surface area contributed by atoms with Crippen molar-refractivity contribution in [3.05, 3.63) is 40.9 Å². The molecule has 0 saturated heterocycles. The summed E-state index contributed by atoms with van der Waals surface area (Å²) in [7, 11) is 0. The predicted octanol–water partition coefficient (Wildman–Crippen LogP) is 3.34. The quantitative estimate of drug-likeness (QED) is 0.918. The van der Waals surface area contributed by atoms with Crippen LogP contribution in [0.15, 0.2) is 23.6 Å². The maximum atomic E-state index is 13.6. The first-order chi connectivity index (χ1) is 8.74. The van der Waals surface area contributed by atoms with Gasteiger partial charge in [-0.1, -0.05) is 6.07 Å². The van der Waals surface area contributed by atoms with Crippen LogP contribution in [0.3, 0.4) is 0 Å². The third kappa shape index (κ3) is 2.42. The second-order valence-electron chi connectivity index (χ2n) is 4.40. The Bertz CT molecular complexity index is 544. The van der Waals surface area contributed by atoms with E-state index in [1.165, 1.54) is 42.4 Å². The molecule has 18 heavy (non-hydrogen) atoms. The molecule has 3 rings (SSSR count). The lowest BCUT2D eigenvalue weighted by Gasteiger charge is -2.00. The van der Waals surface area contributed by atoms with Crippen LogP contribution in [0.25, 0.3) is 10.6 Å². The molecule has 94 valence electrons. The summed E-state index contributed by atoms with van der Waals surface area (Å²) in [5.74, 6) is -1.13. The zero-order valence-electron chi connectivity index (χ0n) is 9.62. The van der Waals surface area contributed by atoms with Crippen molar-refractivity contribution < 1.29 is 8.78 Å². The molecule has 0 spiro atoms. The number of benzene rings is 1. The van der Waals surface area contributed by atoms with Gasteiger partial charge in [0.1, 0.15) is 16.6 Å². The molecule has 0 aliphatic heterocycles. The molecule has 1 aromatic carbocycles. The van der Waals surface area contributed by atoms with Crippen molar-refractivity contribution in [1.29, 1.82) is 0 Å². The maximum Gasteiger partial charge on any atom is 0.136 e. The van der Waals surface area contributed by atoms with Crippen LogP contribution in [-0.4, -0.2) is 11.0 Å². The third-order valence-electron chi connectivity index (χ3n) is 2.88. The molecule has 1 N–H and O–H groups in total. The SMILES string of the molecule is Fc1cccc(F)c1-c1nc(CNC2CC2)cs1. The minimum Gasteiger partial charge on any atom is -0.308 e. The van der Waals surface area contributed by atoms with Crippen LogP contribution >= 0.6 is 11.3 Å². The summed E-state index contributed by atoms with van der Waals surface area (Å²) in [4.78, 5) is 4.28. The number of nitrogens with one attached hydrogen (secondary N) is 1. The van der Waals surface area contributed by atoms with Crippen molar-refractivity contribution in [2.45, 2.75) is 25.4 Å². The molecule has 2 nitrogen and oxygen atoms in total. The van der Waals surface area contributed by atoms with E-state index < -0.39 is 11.6 Å². The van der Waals surface area contributed by atoms with Gasteiger partial charge in [0.15, 0.2) is 0 Å². The Balaban J connectivity index is 1.83. The van der Waals surface area contributed by atoms with Crippen LogP contribution in [0.5, 0.6) is 0 Å². The summed E-state index contributed by atoms with van der Waals surface area (Å²) in [6.07, 6.45) is 2.41. The average Bonchev–Trinajstić information content (AvgIpc) is 3.06. The topological polar surface area (TPSA) is 24.9 Å². The van der Waals surface area contributed by atoms with E-state index in [1.807, 2.05) is 5.38 Å². The molecule has 0 radical (unpaired) electrons. The summed E-state index contributed by atoms with van der Waals surface area (Å²) in [5, 5.41) is 5.57. The zero-order valence-corrected chi connectivity index (χ0v) is 10.4. The van der Waals surface area contributed by atoms with E-state index in [0.717, 1.165) is 5.69 Å². The molecule has 1 saturated carbocycles. The van der Waals surface area contributed by atoms with E-state index in [0.29, 0.717) is 17.6 Å². The van der Waals surface area contributed by atoms with Gasteiger partial charge in [0.05, 0.1) is 11.3 Å². The fourth-order valence-electron chi connectivity index (χ4n) is 1.74. The minimum atomic E-state index is -0.564. The lowest BCUT2D eigenvalue weighted by Crippen LogP contribution is -2.15. The van der Waals surface area contributed by atoms with Crippen molar-refractivity contribution in [1.82, 2.24) is 10.3 Å². The summed E-state index contributed by atoms with van der Waals surface area (Å²) in [6.45, 7) is 0.664. The second-order valence-corrected chi connectivity index (χ2v) is 5.25. The Labute approximate surface area is 108 Å². The summed E-state index contributed by atoms with van der Waals surface area (Å²) in [6, 6.07) is 4.46. The van der Waals surface area contributed by atoms with Gasteiger partial charge in [0.2, 0.25) is 0 Å². The van der Waals surface area contributed by atoms with Gasteiger partial charge < -0.3 is 5.32 Å². The maximum absolute atomic E-state index is 13.6. The molecule has 0 unspecified atom stereocenters. The van der Waals surface area contributed by atoms with Gasteiger partial charge >= 0.3 is 0 Å². The van der Waals surface area contributed by atoms with Gasteiger partial charge in [-0.15, -0.1) is 11.3 Å². The second kappa shape index (κ2) is 4.74. The largest absolute Gasteiger partial charge is 0.308 e. The van der Waals surface area contributed by atoms with Crippen molar-refractivity contribution >= 4 is 11.3 Å². The Hall–Kier alpha value is -1.33. The number of hydrogen-bond donors (Lipinski definition) is 1. The fraction of sp³-hybridized carbons (Fsp3) is 0.308. The fourth-order valence-corrected chi connectivity index (χ4v) is 2.61. The first-order valence-electron chi connectivity index (χ1n) is 5.86. The van der Waals surface area contributed by atoms with Crippen LogP contribution in [0.2, 0.25) is 0 Å². The van der Waals surface area contributed by atoms with Crippen LogP contribution in [-0.2, 0) is 6.54 Å². The Morgan fingerprint density at radius 2 is 2.00 bits per heavy atom. The van der Waals surface area contributed by atoms with Crippen molar-refractivity contribution in [2.24, 2.45) is 0 Å². The molecule has 1 fully saturated rings. The molecular weight excluding hydrogens is 254 g/mol. The van der Waals surface area contributed by atoms with Crippen molar-refractivity contribution in [2.75, 3.05) is 0 Å². The lowest BCUT2D eigenvalue weighted by molar-refractivity contribution is 0.589. The molecule has 5 heteroatoms. The summed E-state index contributed by atoms with van der Waals surface area (Å²) in [5.41, 5.74) is 0.810. The molecule has 1 aliphatic carbocycles. The van der Waals surface area contributed by atoms with Gasteiger partial charge in [0, 0.05) is 18.0 Å². The van der Waals surface area contributed by atoms with Crippen LogP contribution in [0.4, 0.5) is 8.78 Å². The van der Waals surface area contributed by atoms with Gasteiger partial charge in [-0.05, 0) is 25.0 Å². The number of halogens is 2. The smallest absolute Gasteiger partial charge is 0.136 e. The highest BCUT2D eigenvalue weighted by Crippen LogP contribution is 2.29. The molecule has 0 atom stereocenters. The Morgan fingerprint density at radius 3 is 2.67 bits per heavy atom. The summed E-state index contributed by atoms with van der Waals surface area (Å²) >= 11 is 1.27. The van der Waals surface area contributed by atoms with E-state index >= 15 is 0 Å². The lowest BCUT2D eigenvalue weighted by atomic mass is 10.2. The molecule has 0 bridgehead atoms. The monoisotopic (exact) mass is 266 g/mol. The zero-order chi connectivity index (χ0) is 12.5. The summed E-state index contributed by atoms with van der Waals surface area (Å²) < 4.78 is 27.2. The minimum absolute atomic E-state index is 0.0276. The van der Waals surface area contributed by atoms with Gasteiger partial charge in [-0.25, -0.2) is 13.8 Å². The molecule has 1 heterocycles. The third-order valence-corrected chi connectivity index (χ3v) is 3.79. The standard InChI is InChI=1S/C13H12F2N2S/c14-10-2-1-3-11(15)12(10)13-17-9(7-18-13)6-16-8-4-5-8/h1-3,7-8,16H,4-6H2. The van der Waals surface area contributed by atoms with E-state index in [4.69, 9.17) is 0 Å². The van der Waals surface area contributed by atoms with Crippen molar-refractivity contribution in [3.63, 3.8) is 0 Å². The first kappa shape index (κ1) is 11.7. The molecule has 1 aromatic heterocycles. The van der Waals surface area contributed by atoms with E-state index in [-0.39, 0.29) is 5.56 Å². The van der Waals surface area contributed by atoms with Crippen molar-refractivity contribution in [3.8, 4) is 10.6 Å². The predicted molar refractivity (Wildman–Crippen MR) is 67.3 cm³/mol. The van der Waals surface area contributed by atoms with Gasteiger partial charge in [-0.2, -0.15) is 0 Å². The average molecular weight is 266 g/mol. The van der Waals surface area contributed by atoms with Gasteiger partial charge in [0.25, 0.3) is 0 Å². The van der Waals surface area contributed by atoms with Gasteiger partial charge in [-0.3, -0.25) is 0 Å². The number of aromatic nitrogens is 1. The molecule has 2 aromatic rings.